The molecule has 3 heterocycles. The molecule has 5 heteroatoms. The van der Waals surface area contributed by atoms with E-state index in [1.165, 1.54) is 31.4 Å². The van der Waals surface area contributed by atoms with E-state index in [0.717, 1.165) is 35.4 Å². The average molecular weight is 410 g/mol. The summed E-state index contributed by atoms with van der Waals surface area (Å²) in [6, 6.07) is 15.3. The largest absolute Gasteiger partial charge is 0.351 e. The lowest BCUT2D eigenvalue weighted by Gasteiger charge is -2.33. The minimum Gasteiger partial charge on any atom is -0.351 e. The second-order valence-electron chi connectivity index (χ2n) is 8.16. The first kappa shape index (κ1) is 20.2. The highest BCUT2D eigenvalue weighted by atomic mass is 32.1. The summed E-state index contributed by atoms with van der Waals surface area (Å²) in [5.41, 5.74) is 1.97. The van der Waals surface area contributed by atoms with E-state index in [4.69, 9.17) is 0 Å². The molecular formula is C24H31N3OS. The van der Waals surface area contributed by atoms with Crippen LogP contribution in [0, 0.1) is 0 Å². The third kappa shape index (κ3) is 4.41. The summed E-state index contributed by atoms with van der Waals surface area (Å²) < 4.78 is 2.19. The zero-order valence-corrected chi connectivity index (χ0v) is 18.3. The first-order valence-electron chi connectivity index (χ1n) is 10.8. The van der Waals surface area contributed by atoms with E-state index in [1.54, 1.807) is 11.3 Å². The normalized spacial score (nSPS) is 18.8. The molecule has 0 radical (unpaired) electrons. The van der Waals surface area contributed by atoms with Gasteiger partial charge in [0.05, 0.1) is 6.04 Å². The summed E-state index contributed by atoms with van der Waals surface area (Å²) in [4.78, 5) is 16.8. The maximum absolute atomic E-state index is 13.0. The molecule has 4 nitrogen and oxygen atoms in total. The number of carbonyl (C=O) groups is 1. The molecule has 1 fully saturated rings. The SMILES string of the molecule is CC1CCCCN1CCCNC(=O)c1cc2ccsc2n1C(C)c1ccccc1. The van der Waals surface area contributed by atoms with Crippen molar-refractivity contribution in [3.63, 3.8) is 0 Å². The zero-order valence-electron chi connectivity index (χ0n) is 17.4. The molecule has 1 saturated heterocycles. The Kier molecular flexibility index (Phi) is 6.36. The van der Waals surface area contributed by atoms with Crippen molar-refractivity contribution in [2.24, 2.45) is 0 Å². The monoisotopic (exact) mass is 409 g/mol. The molecular weight excluding hydrogens is 378 g/mol. The molecule has 3 aromatic rings. The van der Waals surface area contributed by atoms with E-state index in [0.29, 0.717) is 6.04 Å². The van der Waals surface area contributed by atoms with Crippen LogP contribution in [0.4, 0.5) is 0 Å². The number of benzene rings is 1. The number of hydrogen-bond donors (Lipinski definition) is 1. The predicted molar refractivity (Wildman–Crippen MR) is 122 cm³/mol. The van der Waals surface area contributed by atoms with Gasteiger partial charge in [0, 0.05) is 24.5 Å². The van der Waals surface area contributed by atoms with Gasteiger partial charge < -0.3 is 14.8 Å². The Morgan fingerprint density at radius 2 is 2.07 bits per heavy atom. The summed E-state index contributed by atoms with van der Waals surface area (Å²) in [6.07, 6.45) is 4.95. The number of hydrogen-bond acceptors (Lipinski definition) is 3. The van der Waals surface area contributed by atoms with Crippen LogP contribution in [-0.2, 0) is 0 Å². The number of carbonyl (C=O) groups excluding carboxylic acids is 1. The van der Waals surface area contributed by atoms with Crippen LogP contribution >= 0.6 is 11.3 Å². The van der Waals surface area contributed by atoms with Crippen molar-refractivity contribution in [2.75, 3.05) is 19.6 Å². The van der Waals surface area contributed by atoms with E-state index in [1.807, 2.05) is 12.1 Å². The maximum atomic E-state index is 13.0. The lowest BCUT2D eigenvalue weighted by atomic mass is 10.0. The summed E-state index contributed by atoms with van der Waals surface area (Å²) in [5.74, 6) is 0.0304. The molecule has 0 aliphatic carbocycles. The predicted octanol–water partition coefficient (Wildman–Crippen LogP) is 5.31. The third-order valence-corrected chi connectivity index (χ3v) is 7.12. The Morgan fingerprint density at radius 3 is 2.86 bits per heavy atom. The molecule has 4 rings (SSSR count). The van der Waals surface area contributed by atoms with Crippen LogP contribution in [0.15, 0.2) is 47.8 Å². The molecule has 0 bridgehead atoms. The number of fused-ring (bicyclic) bond motifs is 1. The van der Waals surface area contributed by atoms with Gasteiger partial charge in [0.15, 0.2) is 0 Å². The number of likely N-dealkylation sites (tertiary alicyclic amines) is 1. The van der Waals surface area contributed by atoms with Gasteiger partial charge in [-0.05, 0) is 62.7 Å². The van der Waals surface area contributed by atoms with Gasteiger partial charge in [0.2, 0.25) is 0 Å². The number of aromatic nitrogens is 1. The topological polar surface area (TPSA) is 37.3 Å². The molecule has 2 unspecified atom stereocenters. The minimum atomic E-state index is 0.0304. The van der Waals surface area contributed by atoms with Crippen molar-refractivity contribution in [3.05, 3.63) is 59.1 Å². The number of nitrogens with one attached hydrogen (secondary N) is 1. The molecule has 154 valence electrons. The second-order valence-corrected chi connectivity index (χ2v) is 9.05. The maximum Gasteiger partial charge on any atom is 0.267 e. The van der Waals surface area contributed by atoms with Crippen molar-refractivity contribution in [3.8, 4) is 0 Å². The molecule has 1 aromatic carbocycles. The first-order valence-corrected chi connectivity index (χ1v) is 11.7. The van der Waals surface area contributed by atoms with Gasteiger partial charge in [-0.25, -0.2) is 0 Å². The molecule has 1 aliphatic heterocycles. The Labute approximate surface area is 177 Å². The first-order chi connectivity index (χ1) is 14.1. The van der Waals surface area contributed by atoms with E-state index < -0.39 is 0 Å². The van der Waals surface area contributed by atoms with Crippen LogP contribution in [-0.4, -0.2) is 41.1 Å². The minimum absolute atomic E-state index is 0.0304. The fraction of sp³-hybridized carbons (Fsp3) is 0.458. The van der Waals surface area contributed by atoms with Gasteiger partial charge in [-0.3, -0.25) is 4.79 Å². The number of nitrogens with zero attached hydrogens (tertiary/aromatic N) is 2. The Hall–Kier alpha value is -2.11. The smallest absolute Gasteiger partial charge is 0.267 e. The lowest BCUT2D eigenvalue weighted by molar-refractivity contribution is 0.0939. The summed E-state index contributed by atoms with van der Waals surface area (Å²) in [6.45, 7) is 7.48. The highest BCUT2D eigenvalue weighted by Gasteiger charge is 2.21. The van der Waals surface area contributed by atoms with E-state index in [2.05, 4.69) is 64.3 Å². The van der Waals surface area contributed by atoms with Gasteiger partial charge >= 0.3 is 0 Å². The molecule has 1 aliphatic rings. The number of rotatable bonds is 7. The van der Waals surface area contributed by atoms with E-state index in [9.17, 15) is 4.79 Å². The van der Waals surface area contributed by atoms with Crippen molar-refractivity contribution in [2.45, 2.75) is 51.6 Å². The van der Waals surface area contributed by atoms with Crippen molar-refractivity contribution >= 4 is 27.5 Å². The van der Waals surface area contributed by atoms with Crippen LogP contribution in [0.2, 0.25) is 0 Å². The molecule has 0 spiro atoms. The average Bonchev–Trinajstić information content (AvgIpc) is 3.33. The summed E-state index contributed by atoms with van der Waals surface area (Å²) in [5, 5.41) is 6.41. The van der Waals surface area contributed by atoms with Crippen molar-refractivity contribution in [1.29, 1.82) is 0 Å². The number of piperidine rings is 1. The van der Waals surface area contributed by atoms with Gasteiger partial charge in [0.25, 0.3) is 5.91 Å². The van der Waals surface area contributed by atoms with E-state index in [-0.39, 0.29) is 11.9 Å². The quantitative estimate of drug-likeness (QED) is 0.537. The van der Waals surface area contributed by atoms with Crippen molar-refractivity contribution in [1.82, 2.24) is 14.8 Å². The molecule has 29 heavy (non-hydrogen) atoms. The molecule has 2 aromatic heterocycles. The fourth-order valence-electron chi connectivity index (χ4n) is 4.45. The number of thiophene rings is 1. The Bertz CT molecular complexity index is 946. The van der Waals surface area contributed by atoms with Gasteiger partial charge in [-0.1, -0.05) is 36.8 Å². The van der Waals surface area contributed by atoms with Gasteiger partial charge in [-0.15, -0.1) is 11.3 Å². The van der Waals surface area contributed by atoms with Gasteiger partial charge in [0.1, 0.15) is 10.5 Å². The van der Waals surface area contributed by atoms with Crippen LogP contribution in [0.1, 0.15) is 61.6 Å². The van der Waals surface area contributed by atoms with Crippen LogP contribution in [0.3, 0.4) is 0 Å². The third-order valence-electron chi connectivity index (χ3n) is 6.19. The molecule has 1 N–H and O–H groups in total. The zero-order chi connectivity index (χ0) is 20.2. The fourth-order valence-corrected chi connectivity index (χ4v) is 5.42. The summed E-state index contributed by atoms with van der Waals surface area (Å²) >= 11 is 1.70. The second kappa shape index (κ2) is 9.14. The van der Waals surface area contributed by atoms with Crippen LogP contribution in [0.25, 0.3) is 10.2 Å². The standard InChI is InChI=1S/C24H31N3OS/c1-18-9-6-7-14-26(18)15-8-13-25-23(28)22-17-21-12-16-29-24(21)27(22)19(2)20-10-4-3-5-11-20/h3-5,10-12,16-19H,6-9,13-15H2,1-2H3,(H,25,28). The van der Waals surface area contributed by atoms with E-state index >= 15 is 0 Å². The lowest BCUT2D eigenvalue weighted by Crippen LogP contribution is -2.39. The Balaban J connectivity index is 1.44. The van der Waals surface area contributed by atoms with Crippen molar-refractivity contribution < 1.29 is 4.79 Å². The summed E-state index contributed by atoms with van der Waals surface area (Å²) in [7, 11) is 0. The highest BCUT2D eigenvalue weighted by molar-refractivity contribution is 7.16. The van der Waals surface area contributed by atoms with Crippen LogP contribution in [0.5, 0.6) is 0 Å². The Morgan fingerprint density at radius 1 is 1.24 bits per heavy atom. The molecule has 0 saturated carbocycles. The van der Waals surface area contributed by atoms with Gasteiger partial charge in [-0.2, -0.15) is 0 Å². The number of amides is 1. The highest BCUT2D eigenvalue weighted by Crippen LogP contribution is 2.31. The van der Waals surface area contributed by atoms with Crippen LogP contribution < -0.4 is 5.32 Å². The molecule has 2 atom stereocenters. The molecule has 1 amide bonds.